The molecule has 0 bridgehead atoms. The van der Waals surface area contributed by atoms with E-state index in [-0.39, 0.29) is 0 Å². The quantitative estimate of drug-likeness (QED) is 0.168. The Morgan fingerprint density at radius 2 is 1.02 bits per heavy atom. The molecule has 13 rings (SSSR count). The minimum Gasteiger partial charge on any atom is -0.456 e. The largest absolute Gasteiger partial charge is 0.456 e. The Morgan fingerprint density at radius 1 is 0.397 bits per heavy atom. The second-order valence-electron chi connectivity index (χ2n) is 16.1. The van der Waals surface area contributed by atoms with Gasteiger partial charge in [-0.15, -0.1) is 11.3 Å². The first-order valence-electron chi connectivity index (χ1n) is 21.2. The van der Waals surface area contributed by atoms with Crippen molar-refractivity contribution in [1.82, 2.24) is 14.5 Å². The molecule has 294 valence electrons. The molecule has 0 aliphatic carbocycles. The van der Waals surface area contributed by atoms with Crippen molar-refractivity contribution in [2.24, 2.45) is 0 Å². The van der Waals surface area contributed by atoms with E-state index in [0.717, 1.165) is 71.2 Å². The first-order chi connectivity index (χ1) is 31.2. The number of hydrogen-bond acceptors (Lipinski definition) is 4. The SMILES string of the molecule is c1ccc(-c2ccc3sc4c(-c5cccc6oc7ccc(-c8ccc9c(c8)c8ccccc8n9-c8ccccc8-c8ccccc8)cc7c56)nc(-c5ccccc5)nc4c3c2)cc1. The van der Waals surface area contributed by atoms with Gasteiger partial charge in [-0.25, -0.2) is 9.97 Å². The van der Waals surface area contributed by atoms with Gasteiger partial charge in [-0.05, 0) is 82.4 Å². The fraction of sp³-hybridized carbons (Fsp3) is 0. The average Bonchev–Trinajstić information content (AvgIpc) is 4.03. The van der Waals surface area contributed by atoms with Gasteiger partial charge < -0.3 is 8.98 Å². The van der Waals surface area contributed by atoms with Crippen molar-refractivity contribution in [3.05, 3.63) is 212 Å². The smallest absolute Gasteiger partial charge is 0.160 e. The van der Waals surface area contributed by atoms with Gasteiger partial charge in [0.15, 0.2) is 5.82 Å². The summed E-state index contributed by atoms with van der Waals surface area (Å²) in [5, 5.41) is 5.66. The zero-order valence-electron chi connectivity index (χ0n) is 33.9. The Morgan fingerprint density at radius 3 is 1.84 bits per heavy atom. The minimum atomic E-state index is 0.701. The fourth-order valence-electron chi connectivity index (χ4n) is 9.50. The molecule has 4 aromatic heterocycles. The summed E-state index contributed by atoms with van der Waals surface area (Å²) in [4.78, 5) is 10.7. The van der Waals surface area contributed by atoms with Crippen LogP contribution in [0.2, 0.25) is 0 Å². The molecule has 0 radical (unpaired) electrons. The van der Waals surface area contributed by atoms with Crippen molar-refractivity contribution in [2.75, 3.05) is 0 Å². The number of nitrogens with zero attached hydrogens (tertiary/aromatic N) is 3. The van der Waals surface area contributed by atoms with Crippen LogP contribution in [0.1, 0.15) is 0 Å². The Labute approximate surface area is 366 Å². The summed E-state index contributed by atoms with van der Waals surface area (Å²) in [5.41, 5.74) is 16.0. The molecule has 0 atom stereocenters. The Hall–Kier alpha value is -8.12. The van der Waals surface area contributed by atoms with Gasteiger partial charge in [0.05, 0.1) is 32.6 Å². The highest BCUT2D eigenvalue weighted by molar-refractivity contribution is 7.26. The molecule has 0 aliphatic heterocycles. The standard InChI is InChI=1S/C58H35N3OS/c1-4-15-36(16-5-1)39-29-32-53-47(35-39)56-57(63-53)55(59-58(60-56)38-19-8-3-9-20-38)44-23-14-26-52-54(44)46-34-41(28-31-51(46)62-52)40-27-30-50-45(33-40)43-22-11-13-25-49(43)61(50)48-24-12-10-21-42(48)37-17-6-2-7-18-37/h1-35H. The van der Waals surface area contributed by atoms with Crippen LogP contribution in [-0.4, -0.2) is 14.5 Å². The second-order valence-corrected chi connectivity index (χ2v) is 17.1. The number of fused-ring (bicyclic) bond motifs is 9. The van der Waals surface area contributed by atoms with Crippen molar-refractivity contribution in [2.45, 2.75) is 0 Å². The van der Waals surface area contributed by atoms with Crippen LogP contribution in [0.5, 0.6) is 0 Å². The number of thiophene rings is 1. The first-order valence-corrected chi connectivity index (χ1v) is 22.0. The highest BCUT2D eigenvalue weighted by Crippen LogP contribution is 2.45. The molecule has 4 nitrogen and oxygen atoms in total. The third-order valence-corrected chi connectivity index (χ3v) is 13.6. The van der Waals surface area contributed by atoms with E-state index in [1.165, 1.54) is 48.8 Å². The fourth-order valence-corrected chi connectivity index (χ4v) is 10.6. The lowest BCUT2D eigenvalue weighted by Gasteiger charge is -2.14. The van der Waals surface area contributed by atoms with Crippen LogP contribution >= 0.6 is 11.3 Å². The van der Waals surface area contributed by atoms with Crippen LogP contribution in [0.4, 0.5) is 0 Å². The summed E-state index contributed by atoms with van der Waals surface area (Å²) in [6, 6.07) is 75.5. The molecule has 0 unspecified atom stereocenters. The molecular weight excluding hydrogens is 787 g/mol. The van der Waals surface area contributed by atoms with Crippen molar-refractivity contribution < 1.29 is 4.42 Å². The third-order valence-electron chi connectivity index (χ3n) is 12.4. The van der Waals surface area contributed by atoms with Gasteiger partial charge in [-0.3, -0.25) is 0 Å². The van der Waals surface area contributed by atoms with E-state index in [1.807, 2.05) is 18.2 Å². The third kappa shape index (κ3) is 5.74. The molecular formula is C58H35N3OS. The van der Waals surface area contributed by atoms with E-state index in [0.29, 0.717) is 5.82 Å². The summed E-state index contributed by atoms with van der Waals surface area (Å²) >= 11 is 1.75. The molecule has 0 spiro atoms. The maximum absolute atomic E-state index is 6.64. The minimum absolute atomic E-state index is 0.701. The van der Waals surface area contributed by atoms with Crippen LogP contribution < -0.4 is 0 Å². The highest BCUT2D eigenvalue weighted by Gasteiger charge is 2.22. The molecule has 4 heterocycles. The van der Waals surface area contributed by atoms with Gasteiger partial charge in [-0.1, -0.05) is 158 Å². The lowest BCUT2D eigenvalue weighted by Crippen LogP contribution is -1.96. The predicted octanol–water partition coefficient (Wildman–Crippen LogP) is 16.2. The van der Waals surface area contributed by atoms with E-state index in [4.69, 9.17) is 14.4 Å². The molecule has 63 heavy (non-hydrogen) atoms. The van der Waals surface area contributed by atoms with E-state index in [9.17, 15) is 0 Å². The molecule has 13 aromatic rings. The monoisotopic (exact) mass is 821 g/mol. The molecule has 0 saturated carbocycles. The van der Waals surface area contributed by atoms with Crippen molar-refractivity contribution in [3.8, 4) is 61.7 Å². The number of aromatic nitrogens is 3. The van der Waals surface area contributed by atoms with Gasteiger partial charge in [0, 0.05) is 48.3 Å². The maximum atomic E-state index is 6.64. The zero-order valence-corrected chi connectivity index (χ0v) is 34.7. The Kier molecular flexibility index (Phi) is 8.05. The summed E-state index contributed by atoms with van der Waals surface area (Å²) in [7, 11) is 0. The molecule has 0 saturated heterocycles. The van der Waals surface area contributed by atoms with Crippen LogP contribution in [0.25, 0.3) is 126 Å². The lowest BCUT2D eigenvalue weighted by atomic mass is 9.98. The van der Waals surface area contributed by atoms with E-state index in [1.54, 1.807) is 11.3 Å². The number of furan rings is 1. The molecule has 0 N–H and O–H groups in total. The first kappa shape index (κ1) is 35.6. The summed E-state index contributed by atoms with van der Waals surface area (Å²) in [6.45, 7) is 0. The van der Waals surface area contributed by atoms with E-state index in [2.05, 4.69) is 199 Å². The van der Waals surface area contributed by atoms with Gasteiger partial charge in [-0.2, -0.15) is 0 Å². The molecule has 5 heteroatoms. The van der Waals surface area contributed by atoms with E-state index >= 15 is 0 Å². The van der Waals surface area contributed by atoms with Crippen molar-refractivity contribution in [3.63, 3.8) is 0 Å². The van der Waals surface area contributed by atoms with Gasteiger partial charge >= 0.3 is 0 Å². The highest BCUT2D eigenvalue weighted by atomic mass is 32.1. The normalized spacial score (nSPS) is 11.8. The maximum Gasteiger partial charge on any atom is 0.160 e. The summed E-state index contributed by atoms with van der Waals surface area (Å²) < 4.78 is 11.3. The molecule has 0 amide bonds. The number of rotatable bonds is 6. The number of hydrogen-bond donors (Lipinski definition) is 0. The number of para-hydroxylation sites is 2. The molecule has 0 aliphatic rings. The molecule has 0 fully saturated rings. The Bertz CT molecular complexity index is 3900. The Balaban J connectivity index is 1.00. The van der Waals surface area contributed by atoms with Crippen molar-refractivity contribution in [1.29, 1.82) is 0 Å². The van der Waals surface area contributed by atoms with Crippen LogP contribution in [0, 0.1) is 0 Å². The van der Waals surface area contributed by atoms with Crippen molar-refractivity contribution >= 4 is 75.4 Å². The number of benzene rings is 9. The van der Waals surface area contributed by atoms with Crippen LogP contribution in [0.15, 0.2) is 217 Å². The summed E-state index contributed by atoms with van der Waals surface area (Å²) in [6.07, 6.45) is 0. The topological polar surface area (TPSA) is 43.9 Å². The lowest BCUT2D eigenvalue weighted by molar-refractivity contribution is 0.669. The second kappa shape index (κ2) is 14.2. The van der Waals surface area contributed by atoms with Gasteiger partial charge in [0.2, 0.25) is 0 Å². The predicted molar refractivity (Wildman–Crippen MR) is 264 cm³/mol. The zero-order chi connectivity index (χ0) is 41.4. The summed E-state index contributed by atoms with van der Waals surface area (Å²) in [5.74, 6) is 0.701. The molecule has 9 aromatic carbocycles. The van der Waals surface area contributed by atoms with Gasteiger partial charge in [0.25, 0.3) is 0 Å². The van der Waals surface area contributed by atoms with E-state index < -0.39 is 0 Å². The van der Waals surface area contributed by atoms with Crippen LogP contribution in [0.3, 0.4) is 0 Å². The van der Waals surface area contributed by atoms with Gasteiger partial charge in [0.1, 0.15) is 11.2 Å². The van der Waals surface area contributed by atoms with Crippen LogP contribution in [-0.2, 0) is 0 Å². The average molecular weight is 822 g/mol.